The van der Waals surface area contributed by atoms with E-state index in [1.54, 1.807) is 24.3 Å². The lowest BCUT2D eigenvalue weighted by Crippen LogP contribution is -2.35. The number of piperidine rings is 1. The summed E-state index contributed by atoms with van der Waals surface area (Å²) in [5.74, 6) is 2.36. The monoisotopic (exact) mass is 383 g/mol. The second kappa shape index (κ2) is 7.85. The molecule has 0 amide bonds. The molecular formula is C17H22ClN3O3S. The highest BCUT2D eigenvalue weighted by Crippen LogP contribution is 2.23. The molecule has 1 aromatic carbocycles. The molecule has 0 N–H and O–H groups in total. The molecule has 0 radical (unpaired) electrons. The number of benzene rings is 1. The second-order valence-electron chi connectivity index (χ2n) is 6.49. The number of hydrogen-bond acceptors (Lipinski definition) is 6. The fraction of sp³-hybridized carbons (Fsp3) is 0.529. The van der Waals surface area contributed by atoms with Crippen LogP contribution in [-0.4, -0.2) is 55.2 Å². The molecule has 0 bridgehead atoms. The lowest BCUT2D eigenvalue weighted by Gasteiger charge is -2.30. The Morgan fingerprint density at radius 3 is 2.52 bits per heavy atom. The Labute approximate surface area is 153 Å². The number of likely N-dealkylation sites (tertiary alicyclic amines) is 1. The van der Waals surface area contributed by atoms with Crippen molar-refractivity contribution in [2.45, 2.75) is 24.2 Å². The third-order valence-electron chi connectivity index (χ3n) is 4.58. The van der Waals surface area contributed by atoms with E-state index in [9.17, 15) is 8.42 Å². The Bertz CT molecular complexity index is 797. The van der Waals surface area contributed by atoms with E-state index >= 15 is 0 Å². The van der Waals surface area contributed by atoms with E-state index in [1.807, 2.05) is 0 Å². The van der Waals surface area contributed by atoms with Crippen LogP contribution in [0.1, 0.15) is 18.7 Å². The van der Waals surface area contributed by atoms with Crippen molar-refractivity contribution in [1.29, 1.82) is 0 Å². The molecule has 2 aromatic rings. The Morgan fingerprint density at radius 2 is 1.92 bits per heavy atom. The van der Waals surface area contributed by atoms with Crippen molar-refractivity contribution in [2.75, 3.05) is 31.8 Å². The van der Waals surface area contributed by atoms with Crippen LogP contribution < -0.4 is 0 Å². The predicted octanol–water partition coefficient (Wildman–Crippen LogP) is 2.63. The Kier molecular flexibility index (Phi) is 5.76. The number of aromatic nitrogens is 2. The van der Waals surface area contributed by atoms with Gasteiger partial charge in [-0.05, 0) is 56.1 Å². The SMILES string of the molecule is CS(=O)(=O)c1ccc(-c2noc(CC3CCN(CCCl)CC3)n2)cc1. The zero-order valence-corrected chi connectivity index (χ0v) is 15.8. The Morgan fingerprint density at radius 1 is 1.24 bits per heavy atom. The van der Waals surface area contributed by atoms with Crippen LogP contribution in [0.2, 0.25) is 0 Å². The number of alkyl halides is 1. The minimum Gasteiger partial charge on any atom is -0.339 e. The number of rotatable bonds is 6. The molecule has 1 aliphatic heterocycles. The van der Waals surface area contributed by atoms with E-state index in [0.29, 0.717) is 23.5 Å². The third-order valence-corrected chi connectivity index (χ3v) is 5.88. The van der Waals surface area contributed by atoms with Crippen molar-refractivity contribution in [2.24, 2.45) is 5.92 Å². The van der Waals surface area contributed by atoms with Gasteiger partial charge in [0.1, 0.15) is 0 Å². The summed E-state index contributed by atoms with van der Waals surface area (Å²) in [6.07, 6.45) is 4.19. The highest BCUT2D eigenvalue weighted by atomic mass is 35.5. The molecule has 8 heteroatoms. The van der Waals surface area contributed by atoms with Gasteiger partial charge in [-0.1, -0.05) is 5.16 Å². The van der Waals surface area contributed by atoms with Crippen molar-refractivity contribution in [3.05, 3.63) is 30.2 Å². The summed E-state index contributed by atoms with van der Waals surface area (Å²) in [6.45, 7) is 3.07. The van der Waals surface area contributed by atoms with Gasteiger partial charge in [-0.3, -0.25) is 0 Å². The molecule has 2 heterocycles. The van der Waals surface area contributed by atoms with Crippen molar-refractivity contribution in [1.82, 2.24) is 15.0 Å². The van der Waals surface area contributed by atoms with E-state index in [4.69, 9.17) is 16.1 Å². The summed E-state index contributed by atoms with van der Waals surface area (Å²) in [7, 11) is -3.20. The molecule has 1 aromatic heterocycles. The first-order valence-corrected chi connectivity index (χ1v) is 10.8. The topological polar surface area (TPSA) is 76.3 Å². The van der Waals surface area contributed by atoms with Crippen LogP contribution >= 0.6 is 11.6 Å². The summed E-state index contributed by atoms with van der Waals surface area (Å²) >= 11 is 5.79. The van der Waals surface area contributed by atoms with Crippen molar-refractivity contribution in [3.63, 3.8) is 0 Å². The average molecular weight is 384 g/mol. The number of sulfone groups is 1. The zero-order valence-electron chi connectivity index (χ0n) is 14.2. The number of hydrogen-bond donors (Lipinski definition) is 0. The maximum Gasteiger partial charge on any atom is 0.227 e. The van der Waals surface area contributed by atoms with Gasteiger partial charge >= 0.3 is 0 Å². The van der Waals surface area contributed by atoms with E-state index in [-0.39, 0.29) is 4.90 Å². The van der Waals surface area contributed by atoms with Gasteiger partial charge in [-0.15, -0.1) is 11.6 Å². The standard InChI is InChI=1S/C17H22ClN3O3S/c1-25(22,23)15-4-2-14(3-5-15)17-19-16(24-20-17)12-13-6-9-21(10-7-13)11-8-18/h2-5,13H,6-12H2,1H3. The van der Waals surface area contributed by atoms with Gasteiger partial charge in [0, 0.05) is 30.7 Å². The molecule has 25 heavy (non-hydrogen) atoms. The van der Waals surface area contributed by atoms with E-state index < -0.39 is 9.84 Å². The summed E-state index contributed by atoms with van der Waals surface area (Å²) < 4.78 is 28.4. The fourth-order valence-corrected chi connectivity index (χ4v) is 3.96. The Balaban J connectivity index is 1.61. The smallest absolute Gasteiger partial charge is 0.227 e. The molecule has 1 aliphatic rings. The zero-order chi connectivity index (χ0) is 17.9. The van der Waals surface area contributed by atoms with Gasteiger partial charge in [0.05, 0.1) is 4.90 Å². The van der Waals surface area contributed by atoms with Gasteiger partial charge < -0.3 is 9.42 Å². The van der Waals surface area contributed by atoms with E-state index in [0.717, 1.165) is 44.5 Å². The lowest BCUT2D eigenvalue weighted by atomic mass is 9.93. The van der Waals surface area contributed by atoms with Crippen molar-refractivity contribution >= 4 is 21.4 Å². The number of halogens is 1. The van der Waals surface area contributed by atoms with Crippen LogP contribution in [-0.2, 0) is 16.3 Å². The van der Waals surface area contributed by atoms with Gasteiger partial charge in [0.2, 0.25) is 11.7 Å². The van der Waals surface area contributed by atoms with Crippen LogP contribution in [0.15, 0.2) is 33.7 Å². The van der Waals surface area contributed by atoms with E-state index in [2.05, 4.69) is 15.0 Å². The van der Waals surface area contributed by atoms with E-state index in [1.165, 1.54) is 6.26 Å². The fourth-order valence-electron chi connectivity index (χ4n) is 3.09. The molecule has 0 unspecified atom stereocenters. The molecule has 3 rings (SSSR count). The molecule has 0 atom stereocenters. The summed E-state index contributed by atoms with van der Waals surface area (Å²) in [4.78, 5) is 7.12. The summed E-state index contributed by atoms with van der Waals surface area (Å²) in [6, 6.07) is 6.53. The van der Waals surface area contributed by atoms with Crippen molar-refractivity contribution < 1.29 is 12.9 Å². The first kappa shape index (κ1) is 18.4. The first-order valence-electron chi connectivity index (χ1n) is 8.37. The van der Waals surface area contributed by atoms with Crippen LogP contribution in [0.25, 0.3) is 11.4 Å². The maximum atomic E-state index is 11.5. The molecule has 0 aliphatic carbocycles. The van der Waals surface area contributed by atoms with Crippen LogP contribution in [0.5, 0.6) is 0 Å². The maximum absolute atomic E-state index is 11.5. The first-order chi connectivity index (χ1) is 12.0. The van der Waals surface area contributed by atoms with Crippen LogP contribution in [0, 0.1) is 5.92 Å². The number of nitrogens with zero attached hydrogens (tertiary/aromatic N) is 3. The third kappa shape index (κ3) is 4.80. The highest BCUT2D eigenvalue weighted by Gasteiger charge is 2.21. The molecule has 6 nitrogen and oxygen atoms in total. The highest BCUT2D eigenvalue weighted by molar-refractivity contribution is 7.90. The largest absolute Gasteiger partial charge is 0.339 e. The lowest BCUT2D eigenvalue weighted by molar-refractivity contribution is 0.185. The van der Waals surface area contributed by atoms with Gasteiger partial charge in [-0.25, -0.2) is 8.42 Å². The molecular weight excluding hydrogens is 362 g/mol. The molecule has 1 fully saturated rings. The predicted molar refractivity (Wildman–Crippen MR) is 96.4 cm³/mol. The molecule has 0 saturated carbocycles. The van der Waals surface area contributed by atoms with Crippen LogP contribution in [0.4, 0.5) is 0 Å². The quantitative estimate of drug-likeness (QED) is 0.714. The minimum atomic E-state index is -3.20. The normalized spacial score (nSPS) is 17.0. The van der Waals surface area contributed by atoms with Gasteiger partial charge in [-0.2, -0.15) is 4.98 Å². The minimum absolute atomic E-state index is 0.281. The van der Waals surface area contributed by atoms with Gasteiger partial charge in [0.25, 0.3) is 0 Å². The molecule has 1 saturated heterocycles. The second-order valence-corrected chi connectivity index (χ2v) is 8.88. The van der Waals surface area contributed by atoms with Gasteiger partial charge in [0.15, 0.2) is 9.84 Å². The van der Waals surface area contributed by atoms with Crippen molar-refractivity contribution in [3.8, 4) is 11.4 Å². The molecule has 136 valence electrons. The molecule has 0 spiro atoms. The Hall–Kier alpha value is -1.44. The summed E-state index contributed by atoms with van der Waals surface area (Å²) in [5, 5.41) is 4.02. The average Bonchev–Trinajstić information content (AvgIpc) is 3.05. The summed E-state index contributed by atoms with van der Waals surface area (Å²) in [5.41, 5.74) is 0.749. The van der Waals surface area contributed by atoms with Crippen LogP contribution in [0.3, 0.4) is 0 Å².